The van der Waals surface area contributed by atoms with Crippen LogP contribution in [0.15, 0.2) is 54.6 Å². The summed E-state index contributed by atoms with van der Waals surface area (Å²) in [6.45, 7) is 3.75. The fourth-order valence-corrected chi connectivity index (χ4v) is 5.29. The van der Waals surface area contributed by atoms with Crippen molar-refractivity contribution >= 4 is 19.0 Å². The van der Waals surface area contributed by atoms with E-state index in [1.54, 1.807) is 73.3 Å². The minimum absolute atomic E-state index is 0.00782. The molecule has 182 valence electrons. The predicted molar refractivity (Wildman–Crippen MR) is 123 cm³/mol. The fraction of sp³-hybridized carbons (Fsp3) is 0.455. The summed E-state index contributed by atoms with van der Waals surface area (Å²) in [6, 6.07) is 14.8. The topological polar surface area (TPSA) is 80.1 Å². The summed E-state index contributed by atoms with van der Waals surface area (Å²) in [5.41, 5.74) is 8.12. The number of piperazine rings is 1. The molecule has 7 nitrogen and oxygen atoms in total. The van der Waals surface area contributed by atoms with Crippen LogP contribution in [-0.2, 0) is 13.6 Å². The van der Waals surface area contributed by atoms with E-state index in [1.807, 2.05) is 0 Å². The number of nitrogens with one attached hydrogen (secondary N) is 1. The van der Waals surface area contributed by atoms with Crippen LogP contribution in [0.2, 0.25) is 0 Å². The molecule has 1 heterocycles. The van der Waals surface area contributed by atoms with Gasteiger partial charge in [0.1, 0.15) is 6.29 Å². The largest absolute Gasteiger partial charge is 0.460 e. The van der Waals surface area contributed by atoms with Crippen LogP contribution in [0.25, 0.3) is 0 Å². The van der Waals surface area contributed by atoms with Crippen molar-refractivity contribution in [1.82, 2.24) is 4.90 Å². The lowest BCUT2D eigenvalue weighted by molar-refractivity contribution is -0.264. The molecule has 0 aromatic heterocycles. The van der Waals surface area contributed by atoms with Gasteiger partial charge in [-0.3, -0.25) is 4.57 Å². The first-order valence-corrected chi connectivity index (χ1v) is 12.5. The number of halogens is 3. The zero-order valence-electron chi connectivity index (χ0n) is 18.7. The first-order valence-electron chi connectivity index (χ1n) is 10.8. The van der Waals surface area contributed by atoms with Crippen molar-refractivity contribution in [3.8, 4) is 0 Å². The van der Waals surface area contributed by atoms with Gasteiger partial charge in [0.25, 0.3) is 0 Å². The number of nitrogens with two attached hydrogens (primary N) is 1. The van der Waals surface area contributed by atoms with Gasteiger partial charge in [-0.05, 0) is 43.7 Å². The highest BCUT2D eigenvalue weighted by Gasteiger charge is 2.47. The molecule has 0 amide bonds. The Bertz CT molecular complexity index is 921. The lowest BCUT2D eigenvalue weighted by Gasteiger charge is -2.46. The predicted octanol–water partition coefficient (Wildman–Crippen LogP) is 4.99. The molecule has 0 aliphatic carbocycles. The van der Waals surface area contributed by atoms with E-state index in [0.717, 1.165) is 0 Å². The van der Waals surface area contributed by atoms with Crippen molar-refractivity contribution in [2.45, 2.75) is 32.4 Å². The monoisotopic (exact) mass is 486 g/mol. The van der Waals surface area contributed by atoms with E-state index in [1.165, 1.54) is 0 Å². The zero-order valence-corrected chi connectivity index (χ0v) is 19.6. The maximum absolute atomic E-state index is 13.7. The van der Waals surface area contributed by atoms with E-state index < -0.39 is 26.1 Å². The molecule has 33 heavy (non-hydrogen) atoms. The second-order valence-electron chi connectivity index (χ2n) is 7.59. The standard InChI is InChI=1S/C22H30F3N4O3P/c1-3-31-33(30,32-4-2)16-27-18-10-12-19(13-11-18)28-14-20(17-8-6-5-7-9-17)29(15-21(28)26)22(23,24)25/h5-13,20-21,27H,3-4,14-16,26H2,1-2H3. The van der Waals surface area contributed by atoms with E-state index in [2.05, 4.69) is 5.32 Å². The van der Waals surface area contributed by atoms with Gasteiger partial charge in [0.05, 0.1) is 25.4 Å². The quantitative estimate of drug-likeness (QED) is 0.382. The third-order valence-electron chi connectivity index (χ3n) is 5.37. The number of rotatable bonds is 9. The molecular weight excluding hydrogens is 456 g/mol. The van der Waals surface area contributed by atoms with Crippen LogP contribution >= 0.6 is 7.60 Å². The minimum Gasteiger partial charge on any atom is -0.374 e. The van der Waals surface area contributed by atoms with Crippen molar-refractivity contribution in [1.29, 1.82) is 0 Å². The Morgan fingerprint density at radius 3 is 2.18 bits per heavy atom. The summed E-state index contributed by atoms with van der Waals surface area (Å²) in [5.74, 6) is 0. The highest BCUT2D eigenvalue weighted by Crippen LogP contribution is 2.47. The van der Waals surface area contributed by atoms with Gasteiger partial charge in [-0.25, -0.2) is 4.90 Å². The molecule has 1 aliphatic heterocycles. The number of benzene rings is 2. The molecule has 0 spiro atoms. The van der Waals surface area contributed by atoms with Crippen molar-refractivity contribution in [2.24, 2.45) is 5.73 Å². The van der Waals surface area contributed by atoms with Crippen LogP contribution in [0.5, 0.6) is 0 Å². The third kappa shape index (κ3) is 6.49. The Morgan fingerprint density at radius 2 is 1.64 bits per heavy atom. The molecule has 1 aliphatic rings. The normalized spacial score (nSPS) is 20.1. The average molecular weight is 486 g/mol. The van der Waals surface area contributed by atoms with E-state index in [-0.39, 0.29) is 32.6 Å². The Balaban J connectivity index is 1.75. The number of alkyl halides is 3. The van der Waals surface area contributed by atoms with Crippen molar-refractivity contribution in [3.05, 3.63) is 60.2 Å². The average Bonchev–Trinajstić information content (AvgIpc) is 2.78. The highest BCUT2D eigenvalue weighted by molar-refractivity contribution is 7.53. The highest BCUT2D eigenvalue weighted by atomic mass is 31.2. The molecule has 2 atom stereocenters. The van der Waals surface area contributed by atoms with Crippen molar-refractivity contribution < 1.29 is 26.8 Å². The van der Waals surface area contributed by atoms with Crippen LogP contribution in [0, 0.1) is 0 Å². The van der Waals surface area contributed by atoms with Gasteiger partial charge in [-0.15, -0.1) is 0 Å². The minimum atomic E-state index is -4.49. The van der Waals surface area contributed by atoms with E-state index in [0.29, 0.717) is 21.8 Å². The van der Waals surface area contributed by atoms with Crippen molar-refractivity contribution in [3.63, 3.8) is 0 Å². The molecule has 3 N–H and O–H groups in total. The molecule has 1 saturated heterocycles. The summed E-state index contributed by atoms with van der Waals surface area (Å²) in [5, 5.41) is 3.04. The van der Waals surface area contributed by atoms with E-state index in [9.17, 15) is 17.7 Å². The Hall–Kier alpha value is -2.10. The van der Waals surface area contributed by atoms with Gasteiger partial charge < -0.3 is 25.0 Å². The molecule has 0 bridgehead atoms. The van der Waals surface area contributed by atoms with Crippen molar-refractivity contribution in [2.75, 3.05) is 42.8 Å². The molecule has 11 heteroatoms. The summed E-state index contributed by atoms with van der Waals surface area (Å²) in [6.07, 6.45) is -5.32. The lowest BCUT2D eigenvalue weighted by atomic mass is 10.0. The Labute approximate surface area is 192 Å². The molecular formula is C22H30F3N4O3P. The molecule has 1 fully saturated rings. The summed E-state index contributed by atoms with van der Waals surface area (Å²) in [4.78, 5) is 2.27. The van der Waals surface area contributed by atoms with Gasteiger partial charge >= 0.3 is 13.9 Å². The second-order valence-corrected chi connectivity index (χ2v) is 9.65. The zero-order chi connectivity index (χ0) is 24.1. The van der Waals surface area contributed by atoms with Gasteiger partial charge in [0, 0.05) is 24.5 Å². The number of anilines is 2. The second kappa shape index (κ2) is 10.9. The SMILES string of the molecule is CCOP(=O)(CNc1ccc(N2CC(c3ccccc3)N(C(F)(F)F)CC2N)cc1)OCC. The Morgan fingerprint density at radius 1 is 1.03 bits per heavy atom. The number of nitrogens with zero attached hydrogens (tertiary/aromatic N) is 2. The lowest BCUT2D eigenvalue weighted by Crippen LogP contribution is -2.61. The summed E-state index contributed by atoms with van der Waals surface area (Å²) in [7, 11) is -3.25. The van der Waals surface area contributed by atoms with Crippen LogP contribution in [-0.4, -0.2) is 50.0 Å². The van der Waals surface area contributed by atoms with Crippen LogP contribution < -0.4 is 16.0 Å². The number of hydrogen-bond acceptors (Lipinski definition) is 7. The maximum Gasteiger partial charge on any atom is 0.460 e. The molecule has 2 aromatic rings. The van der Waals surface area contributed by atoms with Gasteiger partial charge in [-0.2, -0.15) is 13.2 Å². The van der Waals surface area contributed by atoms with Gasteiger partial charge in [-0.1, -0.05) is 30.3 Å². The van der Waals surface area contributed by atoms with Crippen LogP contribution in [0.4, 0.5) is 24.5 Å². The molecule has 2 aromatic carbocycles. The van der Waals surface area contributed by atoms with Crippen LogP contribution in [0.3, 0.4) is 0 Å². The first kappa shape index (κ1) is 25.5. The summed E-state index contributed by atoms with van der Waals surface area (Å²) < 4.78 is 64.3. The van der Waals surface area contributed by atoms with Gasteiger partial charge in [0.15, 0.2) is 0 Å². The molecule has 0 radical (unpaired) electrons. The molecule has 3 rings (SSSR count). The van der Waals surface area contributed by atoms with Gasteiger partial charge in [0.2, 0.25) is 0 Å². The molecule has 0 saturated carbocycles. The Kier molecular flexibility index (Phi) is 8.42. The maximum atomic E-state index is 13.7. The summed E-state index contributed by atoms with van der Waals surface area (Å²) >= 11 is 0. The third-order valence-corrected chi connectivity index (χ3v) is 7.22. The van der Waals surface area contributed by atoms with E-state index >= 15 is 0 Å². The van der Waals surface area contributed by atoms with E-state index in [4.69, 9.17) is 14.8 Å². The van der Waals surface area contributed by atoms with Crippen LogP contribution in [0.1, 0.15) is 25.5 Å². The smallest absolute Gasteiger partial charge is 0.374 e. The molecule has 2 unspecified atom stereocenters. The number of hydrogen-bond donors (Lipinski definition) is 2. The first-order chi connectivity index (χ1) is 15.7. The fourth-order valence-electron chi connectivity index (χ4n) is 3.87.